The van der Waals surface area contributed by atoms with Crippen LogP contribution in [0.1, 0.15) is 16.1 Å². The van der Waals surface area contributed by atoms with Gasteiger partial charge in [0.05, 0.1) is 23.1 Å². The Hall–Kier alpha value is -2.44. The van der Waals surface area contributed by atoms with Crippen molar-refractivity contribution in [3.05, 3.63) is 35.5 Å². The first-order valence-electron chi connectivity index (χ1n) is 4.81. The maximum Gasteiger partial charge on any atom is 0.260 e. The number of nitrogen functional groups attached to an aromatic ring is 1. The summed E-state index contributed by atoms with van der Waals surface area (Å²) in [4.78, 5) is 15.3. The molecule has 0 saturated carbocycles. The second-order valence-corrected chi connectivity index (χ2v) is 3.42. The Morgan fingerprint density at radius 3 is 2.94 bits per heavy atom. The largest absolute Gasteiger partial charge is 0.394 e. The molecule has 0 aliphatic heterocycles. The van der Waals surface area contributed by atoms with Gasteiger partial charge in [-0.25, -0.2) is 4.39 Å². The van der Waals surface area contributed by atoms with Crippen molar-refractivity contribution in [3.63, 3.8) is 0 Å². The highest BCUT2D eigenvalue weighted by atomic mass is 19.1. The number of nitrogens with two attached hydrogens (primary N) is 1. The Labute approximate surface area is 96.1 Å². The molecule has 7 heteroatoms. The smallest absolute Gasteiger partial charge is 0.260 e. The summed E-state index contributed by atoms with van der Waals surface area (Å²) in [7, 11) is 0. The number of anilines is 2. The number of carbonyl (C=O) groups is 1. The number of halogens is 1. The van der Waals surface area contributed by atoms with Gasteiger partial charge >= 0.3 is 0 Å². The van der Waals surface area contributed by atoms with Crippen molar-refractivity contribution in [2.75, 3.05) is 11.1 Å². The van der Waals surface area contributed by atoms with Gasteiger partial charge in [-0.15, -0.1) is 0 Å². The first kappa shape index (κ1) is 11.1. The van der Waals surface area contributed by atoms with Crippen LogP contribution in [0.15, 0.2) is 18.5 Å². The zero-order chi connectivity index (χ0) is 12.4. The molecule has 0 aromatic carbocycles. The van der Waals surface area contributed by atoms with Gasteiger partial charge in [0.25, 0.3) is 5.91 Å². The van der Waals surface area contributed by atoms with Gasteiger partial charge in [0.2, 0.25) is 0 Å². The first-order valence-corrected chi connectivity index (χ1v) is 4.81. The van der Waals surface area contributed by atoms with E-state index in [-0.39, 0.29) is 11.4 Å². The monoisotopic (exact) mass is 235 g/mol. The van der Waals surface area contributed by atoms with Crippen LogP contribution >= 0.6 is 0 Å². The predicted octanol–water partition coefficient (Wildman–Crippen LogP) is 1.09. The lowest BCUT2D eigenvalue weighted by molar-refractivity contribution is 0.102. The van der Waals surface area contributed by atoms with Crippen molar-refractivity contribution < 1.29 is 9.18 Å². The highest BCUT2D eigenvalue weighted by Crippen LogP contribution is 2.19. The Kier molecular flexibility index (Phi) is 2.73. The number of pyridine rings is 1. The highest BCUT2D eigenvalue weighted by Gasteiger charge is 2.15. The van der Waals surface area contributed by atoms with Crippen molar-refractivity contribution in [1.82, 2.24) is 15.2 Å². The Bertz CT molecular complexity index is 566. The number of nitrogens with one attached hydrogen (secondary N) is 2. The van der Waals surface area contributed by atoms with E-state index in [0.29, 0.717) is 11.4 Å². The number of amides is 1. The summed E-state index contributed by atoms with van der Waals surface area (Å²) in [5.74, 6) is -1.14. The van der Waals surface area contributed by atoms with Gasteiger partial charge in [-0.1, -0.05) is 0 Å². The number of aromatic nitrogens is 3. The molecule has 0 saturated heterocycles. The van der Waals surface area contributed by atoms with E-state index in [0.717, 1.165) is 6.20 Å². The maximum absolute atomic E-state index is 13.3. The first-order chi connectivity index (χ1) is 8.09. The van der Waals surface area contributed by atoms with E-state index >= 15 is 0 Å². The van der Waals surface area contributed by atoms with Crippen LogP contribution in [0.25, 0.3) is 0 Å². The Morgan fingerprint density at radius 1 is 1.59 bits per heavy atom. The van der Waals surface area contributed by atoms with Crippen molar-refractivity contribution in [2.45, 2.75) is 6.92 Å². The summed E-state index contributed by atoms with van der Waals surface area (Å²) in [5.41, 5.74) is 6.50. The van der Waals surface area contributed by atoms with Crippen LogP contribution in [0.2, 0.25) is 0 Å². The normalized spacial score (nSPS) is 10.2. The third-order valence-electron chi connectivity index (χ3n) is 2.24. The SMILES string of the molecule is Cc1[nH]nc(NC(=O)c2ccncc2F)c1N. The minimum Gasteiger partial charge on any atom is -0.394 e. The number of aromatic amines is 1. The van der Waals surface area contributed by atoms with E-state index in [1.807, 2.05) is 0 Å². The third kappa shape index (κ3) is 2.07. The second-order valence-electron chi connectivity index (χ2n) is 3.42. The quantitative estimate of drug-likeness (QED) is 0.725. The van der Waals surface area contributed by atoms with Gasteiger partial charge in [0.1, 0.15) is 0 Å². The molecule has 2 aromatic heterocycles. The molecular weight excluding hydrogens is 225 g/mol. The van der Waals surface area contributed by atoms with Crippen LogP contribution in [0, 0.1) is 12.7 Å². The summed E-state index contributed by atoms with van der Waals surface area (Å²) in [5, 5.41) is 8.82. The van der Waals surface area contributed by atoms with Gasteiger partial charge in [-0.05, 0) is 13.0 Å². The molecule has 0 atom stereocenters. The minimum atomic E-state index is -0.698. The lowest BCUT2D eigenvalue weighted by atomic mass is 10.2. The zero-order valence-electron chi connectivity index (χ0n) is 8.99. The molecule has 0 bridgehead atoms. The molecule has 2 heterocycles. The van der Waals surface area contributed by atoms with Crippen LogP contribution in [0.5, 0.6) is 0 Å². The fourth-order valence-electron chi connectivity index (χ4n) is 1.27. The lowest BCUT2D eigenvalue weighted by Crippen LogP contribution is -2.15. The van der Waals surface area contributed by atoms with Crippen molar-refractivity contribution in [2.24, 2.45) is 0 Å². The van der Waals surface area contributed by atoms with Crippen LogP contribution in [-0.2, 0) is 0 Å². The molecule has 2 aromatic rings. The number of nitrogens with zero attached hydrogens (tertiary/aromatic N) is 2. The van der Waals surface area contributed by atoms with Crippen molar-refractivity contribution in [3.8, 4) is 0 Å². The fourth-order valence-corrected chi connectivity index (χ4v) is 1.27. The fraction of sp³-hybridized carbons (Fsp3) is 0.100. The minimum absolute atomic E-state index is 0.111. The zero-order valence-corrected chi connectivity index (χ0v) is 8.99. The molecule has 0 aliphatic carbocycles. The van der Waals surface area contributed by atoms with E-state index in [1.54, 1.807) is 6.92 Å². The van der Waals surface area contributed by atoms with Crippen LogP contribution < -0.4 is 11.1 Å². The predicted molar refractivity (Wildman–Crippen MR) is 59.9 cm³/mol. The molecular formula is C10H10FN5O. The summed E-state index contributed by atoms with van der Waals surface area (Å²) in [6, 6.07) is 1.28. The standard InChI is InChI=1S/C10H10FN5O/c1-5-8(12)9(16-15-5)14-10(17)6-2-3-13-4-7(6)11/h2-4H,12H2,1H3,(H2,14,15,16,17). The number of carbonyl (C=O) groups excluding carboxylic acids is 1. The molecule has 88 valence electrons. The van der Waals surface area contributed by atoms with Crippen molar-refractivity contribution in [1.29, 1.82) is 0 Å². The van der Waals surface area contributed by atoms with Gasteiger partial charge in [-0.3, -0.25) is 14.9 Å². The van der Waals surface area contributed by atoms with E-state index in [2.05, 4.69) is 20.5 Å². The number of hydrogen-bond donors (Lipinski definition) is 3. The Morgan fingerprint density at radius 2 is 2.35 bits per heavy atom. The molecule has 2 rings (SSSR count). The van der Waals surface area contributed by atoms with Crippen LogP contribution in [-0.4, -0.2) is 21.1 Å². The van der Waals surface area contributed by atoms with Crippen molar-refractivity contribution >= 4 is 17.4 Å². The lowest BCUT2D eigenvalue weighted by Gasteiger charge is -2.03. The molecule has 0 radical (unpaired) electrons. The second kappa shape index (κ2) is 4.20. The topological polar surface area (TPSA) is 96.7 Å². The summed E-state index contributed by atoms with van der Waals surface area (Å²) < 4.78 is 13.3. The van der Waals surface area contributed by atoms with Crippen LogP contribution in [0.3, 0.4) is 0 Å². The van der Waals surface area contributed by atoms with Gasteiger partial charge in [0, 0.05) is 6.20 Å². The third-order valence-corrected chi connectivity index (χ3v) is 2.24. The summed E-state index contributed by atoms with van der Waals surface area (Å²) in [6.45, 7) is 1.71. The van der Waals surface area contributed by atoms with E-state index in [1.165, 1.54) is 12.3 Å². The summed E-state index contributed by atoms with van der Waals surface area (Å²) >= 11 is 0. The van der Waals surface area contributed by atoms with Crippen LogP contribution in [0.4, 0.5) is 15.9 Å². The molecule has 1 amide bonds. The molecule has 0 aliphatic rings. The number of hydrogen-bond acceptors (Lipinski definition) is 4. The average Bonchev–Trinajstić information content (AvgIpc) is 2.61. The molecule has 4 N–H and O–H groups in total. The molecule has 0 unspecified atom stereocenters. The average molecular weight is 235 g/mol. The molecule has 0 fully saturated rings. The molecule has 6 nitrogen and oxygen atoms in total. The van der Waals surface area contributed by atoms with Gasteiger partial charge in [0.15, 0.2) is 11.6 Å². The van der Waals surface area contributed by atoms with E-state index in [9.17, 15) is 9.18 Å². The highest BCUT2D eigenvalue weighted by molar-refractivity contribution is 6.05. The van der Waals surface area contributed by atoms with E-state index < -0.39 is 11.7 Å². The van der Waals surface area contributed by atoms with E-state index in [4.69, 9.17) is 5.73 Å². The Balaban J connectivity index is 2.23. The summed E-state index contributed by atoms with van der Waals surface area (Å²) in [6.07, 6.45) is 2.30. The maximum atomic E-state index is 13.3. The van der Waals surface area contributed by atoms with Gasteiger partial charge < -0.3 is 11.1 Å². The molecule has 0 spiro atoms. The number of rotatable bonds is 2. The number of H-pyrrole nitrogens is 1. The number of aryl methyl sites for hydroxylation is 1. The molecule has 17 heavy (non-hydrogen) atoms. The van der Waals surface area contributed by atoms with Gasteiger partial charge in [-0.2, -0.15) is 5.10 Å².